The van der Waals surface area contributed by atoms with Gasteiger partial charge in [-0.15, -0.1) is 0 Å². The second kappa shape index (κ2) is 8.29. The molecule has 29 heavy (non-hydrogen) atoms. The minimum atomic E-state index is 0.0398. The van der Waals surface area contributed by atoms with E-state index in [4.69, 9.17) is 4.99 Å². The largest absolute Gasteiger partial charge is 0.340 e. The maximum atomic E-state index is 13.2. The number of aliphatic imine (C=N–C) groups is 1. The van der Waals surface area contributed by atoms with Crippen LogP contribution in [0.4, 0.5) is 5.69 Å². The maximum Gasteiger partial charge on any atom is 0.268 e. The summed E-state index contributed by atoms with van der Waals surface area (Å²) in [7, 11) is 0. The topological polar surface area (TPSA) is 35.9 Å². The van der Waals surface area contributed by atoms with Crippen molar-refractivity contribution < 1.29 is 4.79 Å². The third kappa shape index (κ3) is 3.75. The number of amidine groups is 1. The van der Waals surface area contributed by atoms with Crippen LogP contribution in [0.15, 0.2) is 70.2 Å². The van der Waals surface area contributed by atoms with Gasteiger partial charge in [-0.05, 0) is 61.9 Å². The zero-order chi connectivity index (χ0) is 20.4. The Morgan fingerprint density at radius 1 is 0.966 bits per heavy atom. The molecule has 0 aliphatic carbocycles. The summed E-state index contributed by atoms with van der Waals surface area (Å²) < 4.78 is 0. The SMILES string of the molecule is CCN1C(=O)/C(=C2/C=Cc3cc(C)ccc3N2CC)SC1=NCc1ccccc1. The summed E-state index contributed by atoms with van der Waals surface area (Å²) in [6, 6.07) is 16.6. The van der Waals surface area contributed by atoms with Gasteiger partial charge in [-0.2, -0.15) is 0 Å². The molecule has 0 radical (unpaired) electrons. The third-order valence-corrected chi connectivity index (χ3v) is 6.27. The quantitative estimate of drug-likeness (QED) is 0.658. The molecule has 1 fully saturated rings. The Bertz CT molecular complexity index is 1020. The molecule has 0 atom stereocenters. The van der Waals surface area contributed by atoms with Gasteiger partial charge in [-0.3, -0.25) is 14.7 Å². The fraction of sp³-hybridized carbons (Fsp3) is 0.250. The summed E-state index contributed by atoms with van der Waals surface area (Å²) in [6.45, 7) is 8.21. The molecule has 2 heterocycles. The average Bonchev–Trinajstić information content (AvgIpc) is 3.07. The number of benzene rings is 2. The molecule has 2 aromatic carbocycles. The van der Waals surface area contributed by atoms with Crippen LogP contribution >= 0.6 is 11.8 Å². The number of likely N-dealkylation sites (N-methyl/N-ethyl adjacent to an activating group) is 2. The lowest BCUT2D eigenvalue weighted by molar-refractivity contribution is -0.122. The summed E-state index contributed by atoms with van der Waals surface area (Å²) in [5, 5.41) is 0.781. The van der Waals surface area contributed by atoms with Crippen LogP contribution in [0.2, 0.25) is 0 Å². The highest BCUT2D eigenvalue weighted by Crippen LogP contribution is 2.39. The molecule has 148 valence electrons. The van der Waals surface area contributed by atoms with Gasteiger partial charge in [0.05, 0.1) is 12.2 Å². The number of nitrogens with zero attached hydrogens (tertiary/aromatic N) is 3. The molecule has 2 aromatic rings. The fourth-order valence-electron chi connectivity index (χ4n) is 3.68. The van der Waals surface area contributed by atoms with Gasteiger partial charge in [0.2, 0.25) is 0 Å². The number of anilines is 1. The maximum absolute atomic E-state index is 13.2. The van der Waals surface area contributed by atoms with Crippen molar-refractivity contribution in [2.75, 3.05) is 18.0 Å². The van der Waals surface area contributed by atoms with Crippen LogP contribution in [-0.2, 0) is 11.3 Å². The molecule has 0 saturated carbocycles. The van der Waals surface area contributed by atoms with E-state index in [-0.39, 0.29) is 5.91 Å². The highest BCUT2D eigenvalue weighted by molar-refractivity contribution is 8.18. The van der Waals surface area contributed by atoms with Crippen LogP contribution in [0.1, 0.15) is 30.5 Å². The number of fused-ring (bicyclic) bond motifs is 1. The van der Waals surface area contributed by atoms with Gasteiger partial charge in [-0.1, -0.05) is 48.0 Å². The molecular weight excluding hydrogens is 378 g/mol. The Labute approximate surface area is 176 Å². The molecule has 1 saturated heterocycles. The highest BCUT2D eigenvalue weighted by atomic mass is 32.2. The van der Waals surface area contributed by atoms with E-state index in [1.165, 1.54) is 22.9 Å². The highest BCUT2D eigenvalue weighted by Gasteiger charge is 2.36. The van der Waals surface area contributed by atoms with Crippen molar-refractivity contribution in [3.05, 3.63) is 81.9 Å². The van der Waals surface area contributed by atoms with Gasteiger partial charge >= 0.3 is 0 Å². The van der Waals surface area contributed by atoms with Gasteiger partial charge in [0.25, 0.3) is 5.91 Å². The summed E-state index contributed by atoms with van der Waals surface area (Å²) in [4.78, 5) is 22.7. The van der Waals surface area contributed by atoms with Crippen molar-refractivity contribution in [3.63, 3.8) is 0 Å². The number of amides is 1. The minimum Gasteiger partial charge on any atom is -0.340 e. The van der Waals surface area contributed by atoms with Crippen LogP contribution in [-0.4, -0.2) is 29.1 Å². The van der Waals surface area contributed by atoms with Gasteiger partial charge in [-0.25, -0.2) is 0 Å². The predicted octanol–water partition coefficient (Wildman–Crippen LogP) is 5.21. The van der Waals surface area contributed by atoms with E-state index >= 15 is 0 Å². The summed E-state index contributed by atoms with van der Waals surface area (Å²) in [5.74, 6) is 0.0398. The number of carbonyl (C=O) groups excluding carboxylic acids is 1. The first-order valence-corrected chi connectivity index (χ1v) is 10.8. The van der Waals surface area contributed by atoms with E-state index in [9.17, 15) is 4.79 Å². The number of carbonyl (C=O) groups is 1. The number of hydrogen-bond acceptors (Lipinski definition) is 4. The smallest absolute Gasteiger partial charge is 0.268 e. The molecule has 0 bridgehead atoms. The molecule has 4 nitrogen and oxygen atoms in total. The Kier molecular flexibility index (Phi) is 5.58. The minimum absolute atomic E-state index is 0.0398. The van der Waals surface area contributed by atoms with E-state index in [0.29, 0.717) is 13.1 Å². The number of thioether (sulfide) groups is 1. The first kappa shape index (κ1) is 19.5. The van der Waals surface area contributed by atoms with Gasteiger partial charge in [0, 0.05) is 18.8 Å². The van der Waals surface area contributed by atoms with Gasteiger partial charge < -0.3 is 4.90 Å². The summed E-state index contributed by atoms with van der Waals surface area (Å²) in [5.41, 5.74) is 5.68. The normalized spacial score (nSPS) is 20.0. The van der Waals surface area contributed by atoms with Crippen LogP contribution in [0, 0.1) is 6.92 Å². The van der Waals surface area contributed by atoms with E-state index in [1.54, 1.807) is 4.90 Å². The van der Waals surface area contributed by atoms with Crippen molar-refractivity contribution >= 4 is 34.6 Å². The van der Waals surface area contributed by atoms with Crippen LogP contribution in [0.25, 0.3) is 6.08 Å². The molecular formula is C24H25N3OS. The van der Waals surface area contributed by atoms with Crippen molar-refractivity contribution in [1.29, 1.82) is 0 Å². The zero-order valence-corrected chi connectivity index (χ0v) is 17.9. The van der Waals surface area contributed by atoms with E-state index < -0.39 is 0 Å². The van der Waals surface area contributed by atoms with Crippen molar-refractivity contribution in [1.82, 2.24) is 4.90 Å². The predicted molar refractivity (Wildman–Crippen MR) is 123 cm³/mol. The third-order valence-electron chi connectivity index (χ3n) is 5.15. The molecule has 2 aliphatic heterocycles. The monoisotopic (exact) mass is 403 g/mol. The molecule has 0 spiro atoms. The first-order valence-electron chi connectivity index (χ1n) is 10.0. The Balaban J connectivity index is 1.70. The molecule has 0 N–H and O–H groups in total. The van der Waals surface area contributed by atoms with E-state index in [0.717, 1.165) is 33.6 Å². The van der Waals surface area contributed by atoms with Crippen LogP contribution < -0.4 is 4.90 Å². The standard InChI is InChI=1S/C24H25N3OS/c1-4-26-20-13-11-17(3)15-19(20)12-14-21(26)22-23(28)27(5-2)24(29-22)25-16-18-9-7-6-8-10-18/h6-15H,4-5,16H2,1-3H3/b22-21+,25-24?. The lowest BCUT2D eigenvalue weighted by Gasteiger charge is -2.30. The second-order valence-electron chi connectivity index (χ2n) is 7.09. The fourth-order valence-corrected chi connectivity index (χ4v) is 4.79. The van der Waals surface area contributed by atoms with Crippen molar-refractivity contribution in [2.45, 2.75) is 27.3 Å². The van der Waals surface area contributed by atoms with Crippen molar-refractivity contribution in [2.24, 2.45) is 4.99 Å². The lowest BCUT2D eigenvalue weighted by atomic mass is 10.0. The Morgan fingerprint density at radius 3 is 2.45 bits per heavy atom. The second-order valence-corrected chi connectivity index (χ2v) is 8.07. The Hall–Kier alpha value is -2.79. The average molecular weight is 404 g/mol. The molecule has 1 amide bonds. The zero-order valence-electron chi connectivity index (χ0n) is 17.1. The molecule has 2 aliphatic rings. The van der Waals surface area contributed by atoms with E-state index in [2.05, 4.69) is 61.2 Å². The summed E-state index contributed by atoms with van der Waals surface area (Å²) >= 11 is 1.49. The van der Waals surface area contributed by atoms with Crippen molar-refractivity contribution in [3.8, 4) is 0 Å². The number of rotatable bonds is 4. The molecule has 0 unspecified atom stereocenters. The van der Waals surface area contributed by atoms with E-state index in [1.807, 2.05) is 25.1 Å². The van der Waals surface area contributed by atoms with Crippen LogP contribution in [0.3, 0.4) is 0 Å². The van der Waals surface area contributed by atoms with Gasteiger partial charge in [0.1, 0.15) is 4.91 Å². The Morgan fingerprint density at radius 2 is 1.72 bits per heavy atom. The first-order chi connectivity index (χ1) is 14.1. The van der Waals surface area contributed by atoms with Crippen LogP contribution in [0.5, 0.6) is 0 Å². The number of allylic oxidation sites excluding steroid dienone is 1. The van der Waals surface area contributed by atoms with Gasteiger partial charge in [0.15, 0.2) is 5.17 Å². The molecule has 0 aromatic heterocycles. The molecule has 5 heteroatoms. The number of hydrogen-bond donors (Lipinski definition) is 0. The number of aryl methyl sites for hydroxylation is 1. The summed E-state index contributed by atoms with van der Waals surface area (Å²) in [6.07, 6.45) is 4.18. The lowest BCUT2D eigenvalue weighted by Crippen LogP contribution is -2.31. The molecule has 4 rings (SSSR count).